The molecule has 0 aliphatic carbocycles. The molecule has 0 bridgehead atoms. The van der Waals surface area contributed by atoms with Gasteiger partial charge in [-0.25, -0.2) is 0 Å². The monoisotopic (exact) mass is 471 g/mol. The van der Waals surface area contributed by atoms with Crippen LogP contribution in [0.2, 0.25) is 0 Å². The topological polar surface area (TPSA) is 57.4 Å². The molecule has 34 heavy (non-hydrogen) atoms. The summed E-state index contributed by atoms with van der Waals surface area (Å²) >= 11 is 5.80. The SMILES string of the molecule is COc1ccc(CN(Cc2cc3ccc(C)c(C)c3[nH]c2=O)C(=S)Nc2cccc(C)c2)cc1. The molecule has 4 rings (SSSR count). The fraction of sp³-hybridized carbons (Fsp3) is 0.214. The van der Waals surface area contributed by atoms with E-state index in [1.165, 1.54) is 0 Å². The molecule has 0 spiro atoms. The zero-order valence-electron chi connectivity index (χ0n) is 19.9. The van der Waals surface area contributed by atoms with Crippen LogP contribution in [-0.4, -0.2) is 22.1 Å². The number of ether oxygens (including phenoxy) is 1. The number of thiocarbonyl (C=S) groups is 1. The zero-order chi connectivity index (χ0) is 24.2. The summed E-state index contributed by atoms with van der Waals surface area (Å²) in [4.78, 5) is 18.1. The Morgan fingerprint density at radius 2 is 1.76 bits per heavy atom. The van der Waals surface area contributed by atoms with E-state index in [4.69, 9.17) is 17.0 Å². The van der Waals surface area contributed by atoms with Gasteiger partial charge >= 0.3 is 0 Å². The largest absolute Gasteiger partial charge is 0.497 e. The van der Waals surface area contributed by atoms with Gasteiger partial charge in [-0.2, -0.15) is 0 Å². The van der Waals surface area contributed by atoms with E-state index >= 15 is 0 Å². The number of fused-ring (bicyclic) bond motifs is 1. The minimum atomic E-state index is -0.0979. The lowest BCUT2D eigenvalue weighted by atomic mass is 10.0. The van der Waals surface area contributed by atoms with Crippen molar-refractivity contribution in [2.24, 2.45) is 0 Å². The van der Waals surface area contributed by atoms with E-state index in [0.29, 0.717) is 23.8 Å². The van der Waals surface area contributed by atoms with Crippen molar-refractivity contribution in [3.05, 3.63) is 105 Å². The standard InChI is InChI=1S/C28H29N3O2S/c1-18-6-5-7-24(14-18)29-28(34)31(16-21-9-12-25(33-4)13-10-21)17-23-15-22-11-8-19(2)20(3)26(22)30-27(23)32/h5-15H,16-17H2,1-4H3,(H,29,34)(H,30,32). The first-order valence-electron chi connectivity index (χ1n) is 11.2. The minimum Gasteiger partial charge on any atom is -0.497 e. The summed E-state index contributed by atoms with van der Waals surface area (Å²) in [7, 11) is 1.65. The molecule has 1 heterocycles. The van der Waals surface area contributed by atoms with E-state index in [0.717, 1.165) is 44.6 Å². The van der Waals surface area contributed by atoms with Gasteiger partial charge in [-0.1, -0.05) is 36.4 Å². The van der Waals surface area contributed by atoms with Crippen LogP contribution >= 0.6 is 12.2 Å². The number of H-pyrrole nitrogens is 1. The lowest BCUT2D eigenvalue weighted by Crippen LogP contribution is -2.35. The van der Waals surface area contributed by atoms with Crippen molar-refractivity contribution in [1.82, 2.24) is 9.88 Å². The van der Waals surface area contributed by atoms with Gasteiger partial charge in [-0.3, -0.25) is 4.79 Å². The van der Waals surface area contributed by atoms with E-state index in [2.05, 4.69) is 16.4 Å². The van der Waals surface area contributed by atoms with Crippen molar-refractivity contribution >= 4 is 33.9 Å². The predicted molar refractivity (Wildman–Crippen MR) is 144 cm³/mol. The third-order valence-electron chi connectivity index (χ3n) is 6.08. The number of aromatic amines is 1. The normalized spacial score (nSPS) is 10.8. The first-order chi connectivity index (χ1) is 16.3. The van der Waals surface area contributed by atoms with Crippen molar-refractivity contribution in [2.75, 3.05) is 12.4 Å². The van der Waals surface area contributed by atoms with Crippen molar-refractivity contribution < 1.29 is 4.74 Å². The third kappa shape index (κ3) is 5.29. The predicted octanol–water partition coefficient (Wildman–Crippen LogP) is 5.86. The first-order valence-corrected chi connectivity index (χ1v) is 11.6. The maximum Gasteiger partial charge on any atom is 0.253 e. The van der Waals surface area contributed by atoms with Gasteiger partial charge in [0.1, 0.15) is 5.75 Å². The van der Waals surface area contributed by atoms with E-state index in [-0.39, 0.29) is 5.56 Å². The Balaban J connectivity index is 1.66. The second kappa shape index (κ2) is 10.1. The highest BCUT2D eigenvalue weighted by Gasteiger charge is 2.15. The van der Waals surface area contributed by atoms with Gasteiger partial charge in [0, 0.05) is 17.8 Å². The van der Waals surface area contributed by atoms with Gasteiger partial charge in [0.15, 0.2) is 5.11 Å². The molecule has 4 aromatic rings. The molecule has 0 saturated carbocycles. The van der Waals surface area contributed by atoms with Crippen molar-refractivity contribution in [3.63, 3.8) is 0 Å². The van der Waals surface area contributed by atoms with Crippen LogP contribution in [0.15, 0.2) is 71.5 Å². The number of pyridine rings is 1. The summed E-state index contributed by atoms with van der Waals surface area (Å²) in [5.41, 5.74) is 6.83. The number of benzene rings is 3. The van der Waals surface area contributed by atoms with Crippen LogP contribution < -0.4 is 15.6 Å². The van der Waals surface area contributed by atoms with Crippen molar-refractivity contribution in [3.8, 4) is 5.75 Å². The average molecular weight is 472 g/mol. The highest BCUT2D eigenvalue weighted by atomic mass is 32.1. The molecular formula is C28H29N3O2S. The van der Waals surface area contributed by atoms with Crippen LogP contribution in [-0.2, 0) is 13.1 Å². The molecule has 0 unspecified atom stereocenters. The number of nitrogens with zero attached hydrogens (tertiary/aromatic N) is 1. The summed E-state index contributed by atoms with van der Waals surface area (Å²) in [5.74, 6) is 0.799. The highest BCUT2D eigenvalue weighted by molar-refractivity contribution is 7.80. The number of aromatic nitrogens is 1. The van der Waals surface area contributed by atoms with Gasteiger partial charge < -0.3 is 19.9 Å². The summed E-state index contributed by atoms with van der Waals surface area (Å²) in [5, 5.41) is 4.91. The number of methoxy groups -OCH3 is 1. The molecule has 0 aliphatic heterocycles. The Morgan fingerprint density at radius 1 is 1.00 bits per heavy atom. The Kier molecular flexibility index (Phi) is 6.98. The Hall–Kier alpha value is -3.64. The molecule has 0 aliphatic rings. The number of anilines is 1. The average Bonchev–Trinajstić information content (AvgIpc) is 2.82. The molecule has 6 heteroatoms. The lowest BCUT2D eigenvalue weighted by Gasteiger charge is -2.26. The zero-order valence-corrected chi connectivity index (χ0v) is 20.8. The molecule has 3 aromatic carbocycles. The molecule has 5 nitrogen and oxygen atoms in total. The Morgan fingerprint density at radius 3 is 2.47 bits per heavy atom. The molecule has 1 aromatic heterocycles. The van der Waals surface area contributed by atoms with E-state index in [9.17, 15) is 4.79 Å². The van der Waals surface area contributed by atoms with Gasteiger partial charge in [-0.15, -0.1) is 0 Å². The molecule has 0 fully saturated rings. The molecule has 0 saturated heterocycles. The van der Waals surface area contributed by atoms with Crippen molar-refractivity contribution in [2.45, 2.75) is 33.9 Å². The van der Waals surface area contributed by atoms with Gasteiger partial charge in [0.2, 0.25) is 0 Å². The number of hydrogen-bond donors (Lipinski definition) is 2. The maximum atomic E-state index is 13.0. The Labute approximate surface area is 205 Å². The lowest BCUT2D eigenvalue weighted by molar-refractivity contribution is 0.406. The van der Waals surface area contributed by atoms with Gasteiger partial charge in [0.05, 0.1) is 19.2 Å². The molecule has 174 valence electrons. The quantitative estimate of drug-likeness (QED) is 0.345. The third-order valence-corrected chi connectivity index (χ3v) is 6.44. The second-order valence-corrected chi connectivity index (χ2v) is 8.99. The van der Waals surface area contributed by atoms with E-state index < -0.39 is 0 Å². The van der Waals surface area contributed by atoms with Crippen LogP contribution in [0.4, 0.5) is 5.69 Å². The fourth-order valence-corrected chi connectivity index (χ4v) is 4.22. The molecular weight excluding hydrogens is 442 g/mol. The number of aryl methyl sites for hydroxylation is 3. The molecule has 0 atom stereocenters. The van der Waals surface area contributed by atoms with Crippen LogP contribution in [0.5, 0.6) is 5.75 Å². The maximum absolute atomic E-state index is 13.0. The Bertz CT molecular complexity index is 1390. The van der Waals surface area contributed by atoms with Crippen LogP contribution in [0.1, 0.15) is 27.8 Å². The van der Waals surface area contributed by atoms with E-state index in [1.807, 2.05) is 86.3 Å². The van der Waals surface area contributed by atoms with Crippen molar-refractivity contribution in [1.29, 1.82) is 0 Å². The molecule has 0 radical (unpaired) electrons. The summed E-state index contributed by atoms with van der Waals surface area (Å²) in [6.45, 7) is 7.05. The number of hydrogen-bond acceptors (Lipinski definition) is 3. The molecule has 0 amide bonds. The summed E-state index contributed by atoms with van der Waals surface area (Å²) in [6.07, 6.45) is 0. The summed E-state index contributed by atoms with van der Waals surface area (Å²) in [6, 6.07) is 22.1. The highest BCUT2D eigenvalue weighted by Crippen LogP contribution is 2.21. The van der Waals surface area contributed by atoms with Crippen LogP contribution in [0, 0.1) is 20.8 Å². The molecule has 2 N–H and O–H groups in total. The van der Waals surface area contributed by atoms with Gasteiger partial charge in [-0.05, 0) is 91.0 Å². The van der Waals surface area contributed by atoms with Crippen LogP contribution in [0.3, 0.4) is 0 Å². The van der Waals surface area contributed by atoms with Gasteiger partial charge in [0.25, 0.3) is 5.56 Å². The second-order valence-electron chi connectivity index (χ2n) is 8.60. The fourth-order valence-electron chi connectivity index (χ4n) is 3.97. The van der Waals surface area contributed by atoms with Crippen LogP contribution in [0.25, 0.3) is 10.9 Å². The number of nitrogens with one attached hydrogen (secondary N) is 2. The minimum absolute atomic E-state index is 0.0979. The first kappa shape index (κ1) is 23.5. The summed E-state index contributed by atoms with van der Waals surface area (Å²) < 4.78 is 5.28. The van der Waals surface area contributed by atoms with E-state index in [1.54, 1.807) is 7.11 Å². The number of rotatable bonds is 6. The smallest absolute Gasteiger partial charge is 0.253 e.